The predicted octanol–water partition coefficient (Wildman–Crippen LogP) is 4.43. The molecule has 0 fully saturated rings. The summed E-state index contributed by atoms with van der Waals surface area (Å²) < 4.78 is 27.2. The molecule has 6 nitrogen and oxygen atoms in total. The van der Waals surface area contributed by atoms with E-state index in [1.165, 1.54) is 5.56 Å². The number of aryl methyl sites for hydroxylation is 1. The van der Waals surface area contributed by atoms with Gasteiger partial charge in [-0.2, -0.15) is 0 Å². The zero-order chi connectivity index (χ0) is 22.9. The van der Waals surface area contributed by atoms with Crippen molar-refractivity contribution in [3.05, 3.63) is 51.5 Å². The summed E-state index contributed by atoms with van der Waals surface area (Å²) in [6.45, 7) is 2.24. The quantitative estimate of drug-likeness (QED) is 0.612. The number of anilines is 2. The van der Waals surface area contributed by atoms with E-state index in [1.807, 2.05) is 18.2 Å². The van der Waals surface area contributed by atoms with Gasteiger partial charge in [0.2, 0.25) is 11.8 Å². The Morgan fingerprint density at radius 2 is 1.88 bits per heavy atom. The van der Waals surface area contributed by atoms with E-state index in [0.29, 0.717) is 29.5 Å². The molecule has 1 heterocycles. The van der Waals surface area contributed by atoms with Crippen LogP contribution in [-0.4, -0.2) is 32.5 Å². The van der Waals surface area contributed by atoms with E-state index in [2.05, 4.69) is 27.3 Å². The number of carbonyl (C=O) groups is 2. The highest BCUT2D eigenvalue weighted by molar-refractivity contribution is 9.10. The van der Waals surface area contributed by atoms with Gasteiger partial charge in [0.1, 0.15) is 0 Å². The Labute approximate surface area is 197 Å². The van der Waals surface area contributed by atoms with Gasteiger partial charge in [-0.15, -0.1) is 0 Å². The Bertz CT molecular complexity index is 1180. The van der Waals surface area contributed by atoms with Crippen LogP contribution in [0.25, 0.3) is 0 Å². The number of benzene rings is 2. The molecule has 1 aliphatic carbocycles. The minimum Gasteiger partial charge on any atom is -0.326 e. The Balaban J connectivity index is 1.53. The summed E-state index contributed by atoms with van der Waals surface area (Å²) in [6.07, 6.45) is 4.95. The van der Waals surface area contributed by atoms with Gasteiger partial charge < -0.3 is 10.2 Å². The summed E-state index contributed by atoms with van der Waals surface area (Å²) in [5.41, 5.74) is 4.51. The molecule has 4 rings (SSSR count). The van der Waals surface area contributed by atoms with E-state index in [4.69, 9.17) is 0 Å². The molecule has 2 aromatic carbocycles. The third-order valence-corrected chi connectivity index (χ3v) is 8.38. The lowest BCUT2D eigenvalue weighted by molar-refractivity contribution is -0.118. The minimum absolute atomic E-state index is 0.103. The molecule has 32 heavy (non-hydrogen) atoms. The van der Waals surface area contributed by atoms with Crippen LogP contribution in [0.4, 0.5) is 11.4 Å². The molecule has 0 atom stereocenters. The van der Waals surface area contributed by atoms with E-state index in [9.17, 15) is 18.0 Å². The molecular weight excluding hydrogens is 492 g/mol. The summed E-state index contributed by atoms with van der Waals surface area (Å²) in [7, 11) is -3.77. The molecular formula is C24H27BrN2O4S. The van der Waals surface area contributed by atoms with Gasteiger partial charge in [-0.3, -0.25) is 9.59 Å². The molecule has 2 aromatic rings. The van der Waals surface area contributed by atoms with Crippen LogP contribution >= 0.6 is 15.9 Å². The lowest BCUT2D eigenvalue weighted by atomic mass is 9.90. The van der Waals surface area contributed by atoms with E-state index < -0.39 is 9.84 Å². The average molecular weight is 519 g/mol. The predicted molar refractivity (Wildman–Crippen MR) is 129 cm³/mol. The molecule has 0 radical (unpaired) electrons. The van der Waals surface area contributed by atoms with Gasteiger partial charge in [0.15, 0.2) is 9.84 Å². The van der Waals surface area contributed by atoms with Gasteiger partial charge in [0.05, 0.1) is 16.3 Å². The second-order valence-corrected chi connectivity index (χ2v) is 11.3. The fraction of sp³-hybridized carbons (Fsp3) is 0.417. The number of hydrogen-bond acceptors (Lipinski definition) is 4. The van der Waals surface area contributed by atoms with Crippen molar-refractivity contribution in [2.45, 2.75) is 56.8 Å². The molecule has 0 saturated carbocycles. The van der Waals surface area contributed by atoms with E-state index in [-0.39, 0.29) is 28.9 Å². The molecule has 1 N–H and O–H groups in total. The second-order valence-electron chi connectivity index (χ2n) is 8.33. The van der Waals surface area contributed by atoms with Crippen molar-refractivity contribution in [3.8, 4) is 0 Å². The van der Waals surface area contributed by atoms with Crippen molar-refractivity contribution < 1.29 is 18.0 Å². The van der Waals surface area contributed by atoms with E-state index in [1.54, 1.807) is 17.9 Å². The standard InChI is InChI=1S/C24H27BrN2O4S/c1-2-23(29)27-12-10-17-14-18(25)15-21(24(17)27)32(30,31)13-11-22(28)26-20-9-5-7-16-6-3-4-8-19(16)20/h5,7,9,14-15H,2-4,6,8,10-13H2,1H3,(H,26,28). The summed E-state index contributed by atoms with van der Waals surface area (Å²) >= 11 is 3.39. The van der Waals surface area contributed by atoms with Gasteiger partial charge in [0, 0.05) is 29.5 Å². The highest BCUT2D eigenvalue weighted by Crippen LogP contribution is 2.38. The van der Waals surface area contributed by atoms with Crippen molar-refractivity contribution >= 4 is 49.0 Å². The molecule has 2 amide bonds. The molecule has 0 saturated heterocycles. The molecule has 0 aromatic heterocycles. The number of fused-ring (bicyclic) bond motifs is 2. The van der Waals surface area contributed by atoms with Crippen LogP contribution < -0.4 is 10.2 Å². The van der Waals surface area contributed by atoms with Crippen molar-refractivity contribution in [3.63, 3.8) is 0 Å². The van der Waals surface area contributed by atoms with Crippen LogP contribution in [0.1, 0.15) is 49.3 Å². The van der Waals surface area contributed by atoms with Crippen molar-refractivity contribution in [2.24, 2.45) is 0 Å². The number of carbonyl (C=O) groups excluding carboxylic acids is 2. The highest BCUT2D eigenvalue weighted by atomic mass is 79.9. The average Bonchev–Trinajstić information content (AvgIpc) is 3.20. The topological polar surface area (TPSA) is 83.6 Å². The first-order valence-corrected chi connectivity index (χ1v) is 13.5. The maximum Gasteiger partial charge on any atom is 0.226 e. The maximum atomic E-state index is 13.3. The van der Waals surface area contributed by atoms with Crippen LogP contribution in [0.3, 0.4) is 0 Å². The van der Waals surface area contributed by atoms with Gasteiger partial charge in [0.25, 0.3) is 0 Å². The third kappa shape index (κ3) is 4.62. The molecule has 8 heteroatoms. The first-order valence-electron chi connectivity index (χ1n) is 11.1. The number of halogens is 1. The zero-order valence-electron chi connectivity index (χ0n) is 18.1. The Morgan fingerprint density at radius 3 is 2.66 bits per heavy atom. The molecule has 0 spiro atoms. The van der Waals surface area contributed by atoms with Crippen LogP contribution in [-0.2, 0) is 38.7 Å². The van der Waals surface area contributed by atoms with Gasteiger partial charge in [-0.05, 0) is 67.0 Å². The monoisotopic (exact) mass is 518 g/mol. The Kier molecular flexibility index (Phi) is 6.72. The zero-order valence-corrected chi connectivity index (χ0v) is 20.5. The second kappa shape index (κ2) is 9.35. The Morgan fingerprint density at radius 1 is 1.09 bits per heavy atom. The lowest BCUT2D eigenvalue weighted by Crippen LogP contribution is -2.29. The molecule has 0 bridgehead atoms. The lowest BCUT2D eigenvalue weighted by Gasteiger charge is -2.21. The first-order chi connectivity index (χ1) is 15.3. The number of hydrogen-bond donors (Lipinski definition) is 1. The van der Waals surface area contributed by atoms with Crippen molar-refractivity contribution in [1.82, 2.24) is 0 Å². The summed E-state index contributed by atoms with van der Waals surface area (Å²) in [5, 5.41) is 2.92. The normalized spacial score (nSPS) is 15.2. The van der Waals surface area contributed by atoms with Crippen molar-refractivity contribution in [1.29, 1.82) is 0 Å². The number of sulfone groups is 1. The fourth-order valence-corrected chi connectivity index (χ4v) is 6.77. The molecule has 170 valence electrons. The van der Waals surface area contributed by atoms with Crippen LogP contribution in [0, 0.1) is 0 Å². The van der Waals surface area contributed by atoms with Gasteiger partial charge in [-0.1, -0.05) is 35.0 Å². The molecule has 2 aliphatic rings. The maximum absolute atomic E-state index is 13.3. The highest BCUT2D eigenvalue weighted by Gasteiger charge is 2.32. The largest absolute Gasteiger partial charge is 0.326 e. The van der Waals surface area contributed by atoms with Gasteiger partial charge >= 0.3 is 0 Å². The Hall–Kier alpha value is -2.19. The summed E-state index contributed by atoms with van der Waals surface area (Å²) in [6, 6.07) is 9.31. The number of rotatable bonds is 6. The summed E-state index contributed by atoms with van der Waals surface area (Å²) in [4.78, 5) is 26.7. The fourth-order valence-electron chi connectivity index (χ4n) is 4.59. The SMILES string of the molecule is CCC(=O)N1CCc2cc(Br)cc(S(=O)(=O)CCC(=O)Nc3cccc4c3CCCC4)c21. The minimum atomic E-state index is -3.77. The number of amides is 2. The smallest absolute Gasteiger partial charge is 0.226 e. The van der Waals surface area contributed by atoms with E-state index >= 15 is 0 Å². The van der Waals surface area contributed by atoms with Crippen LogP contribution in [0.15, 0.2) is 39.7 Å². The van der Waals surface area contributed by atoms with Crippen LogP contribution in [0.2, 0.25) is 0 Å². The van der Waals surface area contributed by atoms with Gasteiger partial charge in [-0.25, -0.2) is 8.42 Å². The van der Waals surface area contributed by atoms with Crippen LogP contribution in [0.5, 0.6) is 0 Å². The van der Waals surface area contributed by atoms with E-state index in [0.717, 1.165) is 42.5 Å². The molecule has 1 aliphatic heterocycles. The third-order valence-electron chi connectivity index (χ3n) is 6.20. The number of nitrogens with zero attached hydrogens (tertiary/aromatic N) is 1. The van der Waals surface area contributed by atoms with Crippen molar-refractivity contribution in [2.75, 3.05) is 22.5 Å². The first kappa shape index (κ1) is 23.0. The molecule has 0 unspecified atom stereocenters. The number of nitrogens with one attached hydrogen (secondary N) is 1. The summed E-state index contributed by atoms with van der Waals surface area (Å²) in [5.74, 6) is -0.736.